The van der Waals surface area contributed by atoms with Crippen LogP contribution in [0.3, 0.4) is 0 Å². The first-order valence-electron chi connectivity index (χ1n) is 7.26. The maximum absolute atomic E-state index is 11.7. The quantitative estimate of drug-likeness (QED) is 0.702. The lowest BCUT2D eigenvalue weighted by Crippen LogP contribution is -2.32. The van der Waals surface area contributed by atoms with Gasteiger partial charge in [0, 0.05) is 29.5 Å². The van der Waals surface area contributed by atoms with Crippen molar-refractivity contribution in [3.63, 3.8) is 0 Å². The zero-order valence-corrected chi connectivity index (χ0v) is 12.4. The van der Waals surface area contributed by atoms with Gasteiger partial charge in [0.25, 0.3) is 5.43 Å². The highest BCUT2D eigenvalue weighted by Gasteiger charge is 2.25. The molecule has 0 unspecified atom stereocenters. The second kappa shape index (κ2) is 4.68. The fourth-order valence-corrected chi connectivity index (χ4v) is 3.09. The molecule has 0 saturated heterocycles. The molecule has 0 spiro atoms. The molecule has 3 aromatic carbocycles. The summed E-state index contributed by atoms with van der Waals surface area (Å²) in [6.07, 6.45) is 1.61. The van der Waals surface area contributed by atoms with Crippen LogP contribution in [-0.4, -0.2) is 12.2 Å². The molecule has 112 valence electrons. The summed E-state index contributed by atoms with van der Waals surface area (Å²) in [6, 6.07) is 15.7. The molecule has 4 rings (SSSR count). The largest absolute Gasteiger partial charge is 0.504 e. The molecule has 0 aromatic heterocycles. The van der Waals surface area contributed by atoms with E-state index in [0.717, 1.165) is 28.1 Å². The minimum Gasteiger partial charge on any atom is -0.504 e. The van der Waals surface area contributed by atoms with Gasteiger partial charge in [0.2, 0.25) is 5.43 Å². The molecule has 4 nitrogen and oxygen atoms in total. The third kappa shape index (κ3) is 1.78. The van der Waals surface area contributed by atoms with Crippen LogP contribution in [0.4, 0.5) is 11.4 Å². The first kappa shape index (κ1) is 13.5. The summed E-state index contributed by atoms with van der Waals surface area (Å²) in [5, 5.41) is 9.68. The lowest BCUT2D eigenvalue weighted by atomic mass is 9.88. The van der Waals surface area contributed by atoms with E-state index in [9.17, 15) is 14.7 Å². The van der Waals surface area contributed by atoms with Gasteiger partial charge >= 0.3 is 0 Å². The predicted octanol–water partition coefficient (Wildman–Crippen LogP) is 2.66. The zero-order chi connectivity index (χ0) is 16.1. The van der Waals surface area contributed by atoms with Crippen molar-refractivity contribution in [1.29, 1.82) is 0 Å². The Morgan fingerprint density at radius 3 is 1.91 bits per heavy atom. The smallest absolute Gasteiger partial charge is 0.268 e. The third-order valence-electron chi connectivity index (χ3n) is 4.32. The van der Waals surface area contributed by atoms with Crippen molar-refractivity contribution >= 4 is 23.0 Å². The number of hydrogen-bond acceptors (Lipinski definition) is 4. The molecule has 0 saturated carbocycles. The number of aromatic hydroxyl groups is 1. The van der Waals surface area contributed by atoms with Crippen molar-refractivity contribution < 1.29 is 5.11 Å². The highest BCUT2D eigenvalue weighted by atomic mass is 16.3. The fourth-order valence-electron chi connectivity index (χ4n) is 3.09. The van der Waals surface area contributed by atoms with Crippen molar-refractivity contribution in [3.8, 4) is 5.75 Å². The van der Waals surface area contributed by atoms with Crippen molar-refractivity contribution in [2.24, 2.45) is 0 Å². The summed E-state index contributed by atoms with van der Waals surface area (Å²) in [6.45, 7) is 0. The highest BCUT2D eigenvalue weighted by Crippen LogP contribution is 2.44. The maximum Gasteiger partial charge on any atom is 0.268 e. The Kier molecular flexibility index (Phi) is 2.75. The summed E-state index contributed by atoms with van der Waals surface area (Å²) in [7, 11) is 1.99. The van der Waals surface area contributed by atoms with Gasteiger partial charge < -0.3 is 10.0 Å². The van der Waals surface area contributed by atoms with Gasteiger partial charge in [0.05, 0.1) is 5.56 Å². The molecule has 4 heteroatoms. The molecule has 0 amide bonds. The normalized spacial score (nSPS) is 12.9. The Hall–Kier alpha value is -3.14. The van der Waals surface area contributed by atoms with Crippen molar-refractivity contribution in [2.45, 2.75) is 0 Å². The average molecular weight is 303 g/mol. The summed E-state index contributed by atoms with van der Waals surface area (Å²) in [4.78, 5) is 25.1. The summed E-state index contributed by atoms with van der Waals surface area (Å²) in [5.41, 5.74) is 3.40. The molecule has 1 aliphatic heterocycles. The number of nitrogens with zero attached hydrogens (tertiary/aromatic N) is 1. The molecule has 0 fully saturated rings. The number of anilines is 2. The molecule has 23 heavy (non-hydrogen) atoms. The van der Waals surface area contributed by atoms with Crippen molar-refractivity contribution in [1.82, 2.24) is 0 Å². The standard InChI is InChI=1S/C19H13NO3/c1-20-15-8-4-2-6-11(15)13(12-7-3-5-9-16(12)20)10-14-17(21)19(23)18(14)22/h2-10,21H,1H3. The van der Waals surface area contributed by atoms with E-state index in [0.29, 0.717) is 0 Å². The molecule has 3 aromatic rings. The van der Waals surface area contributed by atoms with Gasteiger partial charge in [-0.3, -0.25) is 9.59 Å². The first-order valence-corrected chi connectivity index (χ1v) is 7.26. The third-order valence-corrected chi connectivity index (χ3v) is 4.32. The topological polar surface area (TPSA) is 57.6 Å². The van der Waals surface area contributed by atoms with E-state index in [-0.39, 0.29) is 5.56 Å². The zero-order valence-electron chi connectivity index (χ0n) is 12.4. The van der Waals surface area contributed by atoms with Crippen LogP contribution in [0.1, 0.15) is 16.7 Å². The molecule has 0 atom stereocenters. The van der Waals surface area contributed by atoms with E-state index < -0.39 is 16.6 Å². The van der Waals surface area contributed by atoms with Crippen LogP contribution in [0.15, 0.2) is 58.1 Å². The van der Waals surface area contributed by atoms with Crippen molar-refractivity contribution in [2.75, 3.05) is 11.9 Å². The minimum atomic E-state index is -0.814. The Morgan fingerprint density at radius 1 is 0.870 bits per heavy atom. The van der Waals surface area contributed by atoms with Crippen LogP contribution >= 0.6 is 0 Å². The van der Waals surface area contributed by atoms with E-state index in [2.05, 4.69) is 4.90 Å². The van der Waals surface area contributed by atoms with Crippen LogP contribution in [0.25, 0.3) is 11.6 Å². The number of para-hydroxylation sites is 2. The minimum absolute atomic E-state index is 0.0826. The number of benzene rings is 2. The Bertz CT molecular complexity index is 989. The van der Waals surface area contributed by atoms with Gasteiger partial charge in [-0.25, -0.2) is 0 Å². The maximum atomic E-state index is 11.7. The first-order chi connectivity index (χ1) is 11.1. The van der Waals surface area contributed by atoms with Crippen LogP contribution in [-0.2, 0) is 0 Å². The molecular formula is C19H13NO3. The SMILES string of the molecule is CN1c2ccccc2C(=Cc2c(O)c(=O)c2=O)c2ccccc21. The van der Waals surface area contributed by atoms with E-state index in [1.54, 1.807) is 6.08 Å². The van der Waals surface area contributed by atoms with Gasteiger partial charge in [-0.05, 0) is 23.8 Å². The van der Waals surface area contributed by atoms with E-state index >= 15 is 0 Å². The van der Waals surface area contributed by atoms with Crippen molar-refractivity contribution in [3.05, 3.63) is 85.7 Å². The molecule has 0 aliphatic carbocycles. The van der Waals surface area contributed by atoms with Gasteiger partial charge in [-0.15, -0.1) is 0 Å². The predicted molar refractivity (Wildman–Crippen MR) is 90.9 cm³/mol. The van der Waals surface area contributed by atoms with Crippen LogP contribution < -0.4 is 15.8 Å². The lowest BCUT2D eigenvalue weighted by molar-refractivity contribution is 0.461. The summed E-state index contributed by atoms with van der Waals surface area (Å²) in [5.74, 6) is -0.448. The van der Waals surface area contributed by atoms with Crippen LogP contribution in [0.2, 0.25) is 0 Å². The Labute approximate surface area is 132 Å². The second-order valence-corrected chi connectivity index (χ2v) is 5.57. The van der Waals surface area contributed by atoms with Crippen LogP contribution in [0.5, 0.6) is 5.75 Å². The summed E-state index contributed by atoms with van der Waals surface area (Å²) >= 11 is 0. The molecule has 1 heterocycles. The molecule has 1 aliphatic rings. The molecular weight excluding hydrogens is 290 g/mol. The van der Waals surface area contributed by atoms with Gasteiger partial charge in [0.15, 0.2) is 5.75 Å². The molecule has 1 N–H and O–H groups in total. The van der Waals surface area contributed by atoms with E-state index in [4.69, 9.17) is 0 Å². The number of rotatable bonds is 1. The number of hydrogen-bond donors (Lipinski definition) is 1. The van der Waals surface area contributed by atoms with Gasteiger partial charge in [-0.1, -0.05) is 36.4 Å². The van der Waals surface area contributed by atoms with Crippen LogP contribution in [0, 0.1) is 0 Å². The number of fused-ring (bicyclic) bond motifs is 2. The molecule has 0 radical (unpaired) electrons. The van der Waals surface area contributed by atoms with E-state index in [1.807, 2.05) is 55.6 Å². The van der Waals surface area contributed by atoms with E-state index in [1.165, 1.54) is 0 Å². The average Bonchev–Trinajstić information content (AvgIpc) is 2.61. The van der Waals surface area contributed by atoms with Gasteiger partial charge in [0.1, 0.15) is 0 Å². The fraction of sp³-hybridized carbons (Fsp3) is 0.0526. The molecule has 0 bridgehead atoms. The summed E-state index contributed by atoms with van der Waals surface area (Å²) < 4.78 is 0. The second-order valence-electron chi connectivity index (χ2n) is 5.57. The Balaban J connectivity index is 2.03. The highest BCUT2D eigenvalue weighted by molar-refractivity contribution is 6.04. The Morgan fingerprint density at radius 2 is 1.39 bits per heavy atom. The monoisotopic (exact) mass is 303 g/mol. The lowest BCUT2D eigenvalue weighted by Gasteiger charge is -2.31. The van der Waals surface area contributed by atoms with Gasteiger partial charge in [-0.2, -0.15) is 0 Å².